The number of carbonyl (C=O) groups excluding carboxylic acids is 1. The average molecular weight is 280 g/mol. The lowest BCUT2D eigenvalue weighted by atomic mass is 9.99. The second-order valence-corrected chi connectivity index (χ2v) is 5.73. The Balaban J connectivity index is 2.20. The molecule has 0 fully saturated rings. The molecule has 0 spiro atoms. The molecule has 0 N–H and O–H groups in total. The van der Waals surface area contributed by atoms with E-state index in [0.29, 0.717) is 12.2 Å². The Hall–Kier alpha value is -1.62. The highest BCUT2D eigenvalue weighted by Gasteiger charge is 2.38. The molecule has 102 valence electrons. The van der Waals surface area contributed by atoms with Gasteiger partial charge < -0.3 is 4.74 Å². The van der Waals surface area contributed by atoms with Gasteiger partial charge in [0.1, 0.15) is 16.5 Å². The molecule has 19 heavy (non-hydrogen) atoms. The van der Waals surface area contributed by atoms with Crippen LogP contribution in [0.3, 0.4) is 0 Å². The Bertz CT molecular complexity index is 590. The molecule has 1 aliphatic rings. The van der Waals surface area contributed by atoms with Gasteiger partial charge in [-0.15, -0.1) is 0 Å². The van der Waals surface area contributed by atoms with Gasteiger partial charge in [-0.2, -0.15) is 0 Å². The van der Waals surface area contributed by atoms with Crippen LogP contribution < -0.4 is 0 Å². The Morgan fingerprint density at radius 2 is 1.84 bits per heavy atom. The first-order valence-electron chi connectivity index (χ1n) is 6.11. The van der Waals surface area contributed by atoms with E-state index in [1.807, 2.05) is 6.92 Å². The molecule has 0 saturated heterocycles. The summed E-state index contributed by atoms with van der Waals surface area (Å²) in [7, 11) is -2.42. The summed E-state index contributed by atoms with van der Waals surface area (Å²) in [5.41, 5.74) is 0.741. The van der Waals surface area contributed by atoms with Crippen LogP contribution in [0, 0.1) is 0 Å². The summed E-state index contributed by atoms with van der Waals surface area (Å²) < 4.78 is 27.0. The minimum Gasteiger partial charge on any atom is -0.479 e. The van der Waals surface area contributed by atoms with Gasteiger partial charge in [-0.3, -0.25) is 4.79 Å². The van der Waals surface area contributed by atoms with E-state index in [1.54, 1.807) is 31.2 Å². The second-order valence-electron chi connectivity index (χ2n) is 4.75. The number of hydrogen-bond acceptors (Lipinski definition) is 4. The van der Waals surface area contributed by atoms with Crippen molar-refractivity contribution in [1.29, 1.82) is 0 Å². The molecule has 1 unspecified atom stereocenters. The van der Waals surface area contributed by atoms with Crippen molar-refractivity contribution in [1.82, 2.24) is 0 Å². The third kappa shape index (κ3) is 2.87. The Kier molecular flexibility index (Phi) is 3.75. The van der Waals surface area contributed by atoms with E-state index in [-0.39, 0.29) is 11.5 Å². The van der Waals surface area contributed by atoms with Crippen molar-refractivity contribution >= 4 is 22.2 Å². The van der Waals surface area contributed by atoms with Gasteiger partial charge in [-0.25, -0.2) is 8.42 Å². The summed E-state index contributed by atoms with van der Waals surface area (Å²) in [5, 5.41) is 0. The van der Waals surface area contributed by atoms with Gasteiger partial charge in [0, 0.05) is 11.6 Å². The SMILES string of the molecule is CCC1(C)OC(c2ccc(C[SH](=O)=O)cc2)=CC1=O. The van der Waals surface area contributed by atoms with Gasteiger partial charge in [0.25, 0.3) is 0 Å². The lowest BCUT2D eigenvalue weighted by Gasteiger charge is -2.21. The molecule has 2 rings (SSSR count). The van der Waals surface area contributed by atoms with E-state index in [1.165, 1.54) is 6.08 Å². The smallest absolute Gasteiger partial charge is 0.202 e. The minimum absolute atomic E-state index is 0.0289. The number of hydrogen-bond donors (Lipinski definition) is 1. The predicted molar refractivity (Wildman–Crippen MR) is 73.2 cm³/mol. The molecular weight excluding hydrogens is 264 g/mol. The Morgan fingerprint density at radius 1 is 1.21 bits per heavy atom. The van der Waals surface area contributed by atoms with E-state index in [9.17, 15) is 13.2 Å². The lowest BCUT2D eigenvalue weighted by molar-refractivity contribution is -0.127. The van der Waals surface area contributed by atoms with Crippen LogP contribution in [0.25, 0.3) is 5.76 Å². The lowest BCUT2D eigenvalue weighted by Crippen LogP contribution is -2.31. The van der Waals surface area contributed by atoms with E-state index >= 15 is 0 Å². The predicted octanol–water partition coefficient (Wildman–Crippen LogP) is 1.91. The van der Waals surface area contributed by atoms with Crippen molar-refractivity contribution in [3.63, 3.8) is 0 Å². The fourth-order valence-electron chi connectivity index (χ4n) is 1.91. The fraction of sp³-hybridized carbons (Fsp3) is 0.357. The maximum Gasteiger partial charge on any atom is 0.202 e. The van der Waals surface area contributed by atoms with Crippen LogP contribution in [-0.2, 0) is 26.0 Å². The van der Waals surface area contributed by atoms with Crippen molar-refractivity contribution < 1.29 is 17.9 Å². The molecule has 0 bridgehead atoms. The van der Waals surface area contributed by atoms with Crippen LogP contribution in [0.5, 0.6) is 0 Å². The maximum atomic E-state index is 11.8. The first kappa shape index (κ1) is 13.8. The van der Waals surface area contributed by atoms with E-state index < -0.39 is 16.3 Å². The van der Waals surface area contributed by atoms with Gasteiger partial charge in [0.05, 0.1) is 5.75 Å². The number of rotatable bonds is 4. The molecule has 0 saturated carbocycles. The van der Waals surface area contributed by atoms with Gasteiger partial charge in [-0.1, -0.05) is 31.2 Å². The number of thiol groups is 1. The van der Waals surface area contributed by atoms with E-state index in [2.05, 4.69) is 0 Å². The molecule has 1 aromatic rings. The summed E-state index contributed by atoms with van der Waals surface area (Å²) in [6, 6.07) is 7.01. The monoisotopic (exact) mass is 280 g/mol. The van der Waals surface area contributed by atoms with Crippen molar-refractivity contribution in [2.24, 2.45) is 0 Å². The maximum absolute atomic E-state index is 11.8. The molecule has 5 heteroatoms. The fourth-order valence-corrected chi connectivity index (χ4v) is 2.42. The van der Waals surface area contributed by atoms with Crippen molar-refractivity contribution in [3.8, 4) is 0 Å². The second kappa shape index (κ2) is 5.17. The Morgan fingerprint density at radius 3 is 2.32 bits per heavy atom. The van der Waals surface area contributed by atoms with Crippen molar-refractivity contribution in [2.45, 2.75) is 31.6 Å². The first-order chi connectivity index (χ1) is 8.94. The van der Waals surface area contributed by atoms with Crippen LogP contribution in [0.15, 0.2) is 30.3 Å². The van der Waals surface area contributed by atoms with E-state index in [0.717, 1.165) is 11.1 Å². The number of carbonyl (C=O) groups is 1. The topological polar surface area (TPSA) is 60.4 Å². The van der Waals surface area contributed by atoms with Gasteiger partial charge >= 0.3 is 0 Å². The first-order valence-corrected chi connectivity index (χ1v) is 7.47. The molecular formula is C14H16O4S. The summed E-state index contributed by atoms with van der Waals surface area (Å²) in [4.78, 5) is 11.8. The summed E-state index contributed by atoms with van der Waals surface area (Å²) in [6.07, 6.45) is 2.12. The summed E-state index contributed by atoms with van der Waals surface area (Å²) in [5.74, 6) is 0.547. The highest BCUT2D eigenvalue weighted by Crippen LogP contribution is 2.33. The Labute approximate surface area is 114 Å². The van der Waals surface area contributed by atoms with Crippen LogP contribution in [0.2, 0.25) is 0 Å². The number of benzene rings is 1. The molecule has 4 nitrogen and oxygen atoms in total. The highest BCUT2D eigenvalue weighted by molar-refractivity contribution is 7.71. The molecule has 1 aliphatic heterocycles. The summed E-state index contributed by atoms with van der Waals surface area (Å²) >= 11 is 0. The molecule has 0 aromatic heterocycles. The third-order valence-corrected chi connectivity index (χ3v) is 3.97. The van der Waals surface area contributed by atoms with Gasteiger partial charge in [0.2, 0.25) is 5.78 Å². The molecule has 0 amide bonds. The molecule has 0 radical (unpaired) electrons. The normalized spacial score (nSPS) is 22.5. The van der Waals surface area contributed by atoms with Crippen LogP contribution >= 0.6 is 0 Å². The van der Waals surface area contributed by atoms with E-state index in [4.69, 9.17) is 4.74 Å². The zero-order valence-corrected chi connectivity index (χ0v) is 11.8. The van der Waals surface area contributed by atoms with Crippen LogP contribution in [0.1, 0.15) is 31.4 Å². The average Bonchev–Trinajstić information content (AvgIpc) is 2.67. The molecule has 0 aliphatic carbocycles. The molecule has 1 atom stereocenters. The largest absolute Gasteiger partial charge is 0.479 e. The quantitative estimate of drug-likeness (QED) is 0.856. The standard InChI is InChI=1S/C14H16O4S/c1-3-14(2)13(15)8-12(18-14)11-6-4-10(5-7-11)9-19(16)17/h4-8,19H,3,9H2,1-2H3. The molecule has 1 aromatic carbocycles. The minimum atomic E-state index is -2.42. The number of ether oxygens (including phenoxy) is 1. The zero-order valence-electron chi connectivity index (χ0n) is 10.9. The number of ketones is 1. The van der Waals surface area contributed by atoms with Gasteiger partial charge in [-0.05, 0) is 18.9 Å². The zero-order chi connectivity index (χ0) is 14.0. The molecule has 1 heterocycles. The van der Waals surface area contributed by atoms with Crippen LogP contribution in [0.4, 0.5) is 0 Å². The van der Waals surface area contributed by atoms with Crippen molar-refractivity contribution in [2.75, 3.05) is 0 Å². The summed E-state index contributed by atoms with van der Waals surface area (Å²) in [6.45, 7) is 3.68. The van der Waals surface area contributed by atoms with Crippen LogP contribution in [-0.4, -0.2) is 19.8 Å². The highest BCUT2D eigenvalue weighted by atomic mass is 32.2. The van der Waals surface area contributed by atoms with Crippen molar-refractivity contribution in [3.05, 3.63) is 41.5 Å². The van der Waals surface area contributed by atoms with Gasteiger partial charge in [0.15, 0.2) is 5.60 Å². The third-order valence-electron chi connectivity index (χ3n) is 3.34.